The van der Waals surface area contributed by atoms with E-state index in [2.05, 4.69) is 5.32 Å². The summed E-state index contributed by atoms with van der Waals surface area (Å²) in [6.07, 6.45) is -0.711. The summed E-state index contributed by atoms with van der Waals surface area (Å²) in [5, 5.41) is 23.5. The molecule has 1 unspecified atom stereocenters. The van der Waals surface area contributed by atoms with Crippen molar-refractivity contribution in [1.82, 2.24) is 5.32 Å². The van der Waals surface area contributed by atoms with Crippen LogP contribution in [0.1, 0.15) is 17.2 Å². The van der Waals surface area contributed by atoms with E-state index in [9.17, 15) is 10.2 Å². The number of aliphatic hydroxyl groups excluding tert-OH is 1. The lowest BCUT2D eigenvalue weighted by Gasteiger charge is -2.14. The molecule has 2 aromatic carbocycles. The first kappa shape index (κ1) is 15.1. The highest BCUT2D eigenvalue weighted by molar-refractivity contribution is 6.35. The molecule has 0 spiro atoms. The van der Waals surface area contributed by atoms with Crippen LogP contribution in [0.15, 0.2) is 42.5 Å². The average molecular weight is 312 g/mol. The lowest BCUT2D eigenvalue weighted by Crippen LogP contribution is -2.21. The molecule has 20 heavy (non-hydrogen) atoms. The Bertz CT molecular complexity index is 590. The molecule has 0 fully saturated rings. The number of phenolic OH excluding ortho intramolecular Hbond substituents is 1. The van der Waals surface area contributed by atoms with Gasteiger partial charge < -0.3 is 15.5 Å². The zero-order valence-electron chi connectivity index (χ0n) is 10.7. The maximum absolute atomic E-state index is 10.1. The number of benzene rings is 2. The monoisotopic (exact) mass is 311 g/mol. The van der Waals surface area contributed by atoms with Gasteiger partial charge in [-0.3, -0.25) is 0 Å². The highest BCUT2D eigenvalue weighted by Gasteiger charge is 2.11. The van der Waals surface area contributed by atoms with E-state index in [1.54, 1.807) is 36.4 Å². The van der Waals surface area contributed by atoms with Crippen LogP contribution in [-0.4, -0.2) is 16.8 Å². The number of hydrogen-bond donors (Lipinski definition) is 3. The Balaban J connectivity index is 1.90. The Morgan fingerprint density at radius 3 is 2.60 bits per heavy atom. The van der Waals surface area contributed by atoms with Crippen molar-refractivity contribution in [1.29, 1.82) is 0 Å². The highest BCUT2D eigenvalue weighted by Crippen LogP contribution is 2.26. The number of phenols is 1. The summed E-state index contributed by atoms with van der Waals surface area (Å²) in [6, 6.07) is 12.0. The molecule has 0 amide bonds. The fourth-order valence-electron chi connectivity index (χ4n) is 1.90. The zero-order chi connectivity index (χ0) is 14.5. The second kappa shape index (κ2) is 6.95. The molecule has 0 saturated carbocycles. The molecule has 5 heteroatoms. The van der Waals surface area contributed by atoms with E-state index in [4.69, 9.17) is 23.2 Å². The van der Waals surface area contributed by atoms with E-state index in [1.165, 1.54) is 0 Å². The van der Waals surface area contributed by atoms with Gasteiger partial charge in [-0.2, -0.15) is 0 Å². The topological polar surface area (TPSA) is 52.5 Å². The van der Waals surface area contributed by atoms with E-state index in [0.29, 0.717) is 28.7 Å². The van der Waals surface area contributed by atoms with Crippen LogP contribution in [0.4, 0.5) is 0 Å². The predicted molar refractivity (Wildman–Crippen MR) is 81.2 cm³/mol. The van der Waals surface area contributed by atoms with Crippen LogP contribution in [-0.2, 0) is 6.54 Å². The summed E-state index contributed by atoms with van der Waals surface area (Å²) in [5.74, 6) is 0.227. The minimum atomic E-state index is -0.711. The maximum atomic E-state index is 10.1. The number of rotatable bonds is 5. The standard InChI is InChI=1S/C15H15Cl2NO2/c16-11-4-5-13(14(17)7-11)15(20)9-18-8-10-2-1-3-12(19)6-10/h1-7,15,18-20H,8-9H2. The van der Waals surface area contributed by atoms with Crippen LogP contribution >= 0.6 is 23.2 Å². The van der Waals surface area contributed by atoms with Gasteiger partial charge in [-0.05, 0) is 29.8 Å². The molecule has 1 atom stereocenters. The van der Waals surface area contributed by atoms with Crippen molar-refractivity contribution in [2.24, 2.45) is 0 Å². The zero-order valence-corrected chi connectivity index (χ0v) is 12.2. The molecule has 0 aliphatic heterocycles. The molecule has 3 N–H and O–H groups in total. The van der Waals surface area contributed by atoms with Crippen molar-refractivity contribution in [2.75, 3.05) is 6.54 Å². The third-order valence-corrected chi connectivity index (χ3v) is 3.46. The first-order valence-electron chi connectivity index (χ1n) is 6.18. The Labute approximate surface area is 127 Å². The maximum Gasteiger partial charge on any atom is 0.115 e. The molecule has 0 saturated heterocycles. The Hall–Kier alpha value is -1.26. The van der Waals surface area contributed by atoms with Crippen molar-refractivity contribution in [3.05, 3.63) is 63.6 Å². The fraction of sp³-hybridized carbons (Fsp3) is 0.200. The molecule has 0 aliphatic rings. The van der Waals surface area contributed by atoms with Crippen LogP contribution in [0.25, 0.3) is 0 Å². The molecular formula is C15H15Cl2NO2. The molecule has 0 aromatic heterocycles. The molecular weight excluding hydrogens is 297 g/mol. The molecule has 0 aliphatic carbocycles. The van der Waals surface area contributed by atoms with Gasteiger partial charge in [-0.25, -0.2) is 0 Å². The summed E-state index contributed by atoms with van der Waals surface area (Å²) >= 11 is 11.9. The number of nitrogens with one attached hydrogen (secondary N) is 1. The molecule has 0 bridgehead atoms. The average Bonchev–Trinajstić information content (AvgIpc) is 2.38. The van der Waals surface area contributed by atoms with Gasteiger partial charge in [-0.15, -0.1) is 0 Å². The Morgan fingerprint density at radius 2 is 1.90 bits per heavy atom. The van der Waals surface area contributed by atoms with Gasteiger partial charge in [0.1, 0.15) is 5.75 Å². The van der Waals surface area contributed by atoms with Crippen LogP contribution in [0.5, 0.6) is 5.75 Å². The molecule has 3 nitrogen and oxygen atoms in total. The smallest absolute Gasteiger partial charge is 0.115 e. The Morgan fingerprint density at radius 1 is 1.10 bits per heavy atom. The minimum absolute atomic E-state index is 0.227. The van der Waals surface area contributed by atoms with Crippen LogP contribution in [0, 0.1) is 0 Å². The minimum Gasteiger partial charge on any atom is -0.508 e. The van der Waals surface area contributed by atoms with Crippen molar-refractivity contribution < 1.29 is 10.2 Å². The third kappa shape index (κ3) is 4.12. The van der Waals surface area contributed by atoms with Gasteiger partial charge in [0.25, 0.3) is 0 Å². The molecule has 0 radical (unpaired) electrons. The van der Waals surface area contributed by atoms with Crippen molar-refractivity contribution in [2.45, 2.75) is 12.6 Å². The molecule has 106 valence electrons. The second-order valence-corrected chi connectivity index (χ2v) is 5.33. The van der Waals surface area contributed by atoms with E-state index in [-0.39, 0.29) is 5.75 Å². The van der Waals surface area contributed by atoms with E-state index in [0.717, 1.165) is 5.56 Å². The van der Waals surface area contributed by atoms with Crippen LogP contribution in [0.2, 0.25) is 10.0 Å². The predicted octanol–water partition coefficient (Wildman–Crippen LogP) is 3.52. The normalized spacial score (nSPS) is 12.3. The summed E-state index contributed by atoms with van der Waals surface area (Å²) in [5.41, 5.74) is 1.58. The second-order valence-electron chi connectivity index (χ2n) is 4.48. The quantitative estimate of drug-likeness (QED) is 0.792. The summed E-state index contributed by atoms with van der Waals surface area (Å²) in [6.45, 7) is 0.910. The van der Waals surface area contributed by atoms with Crippen molar-refractivity contribution in [3.8, 4) is 5.75 Å². The summed E-state index contributed by atoms with van der Waals surface area (Å²) in [7, 11) is 0. The van der Waals surface area contributed by atoms with Gasteiger partial charge in [0.05, 0.1) is 6.10 Å². The Kier molecular flexibility index (Phi) is 5.26. The number of aromatic hydroxyl groups is 1. The molecule has 2 rings (SSSR count). The first-order chi connectivity index (χ1) is 9.56. The number of aliphatic hydroxyl groups is 1. The lowest BCUT2D eigenvalue weighted by atomic mass is 10.1. The summed E-state index contributed by atoms with van der Waals surface area (Å²) in [4.78, 5) is 0. The lowest BCUT2D eigenvalue weighted by molar-refractivity contribution is 0.174. The highest BCUT2D eigenvalue weighted by atomic mass is 35.5. The molecule has 0 heterocycles. The van der Waals surface area contributed by atoms with E-state index < -0.39 is 6.10 Å². The van der Waals surface area contributed by atoms with Gasteiger partial charge in [0, 0.05) is 28.7 Å². The van der Waals surface area contributed by atoms with E-state index >= 15 is 0 Å². The van der Waals surface area contributed by atoms with Crippen LogP contribution < -0.4 is 5.32 Å². The van der Waals surface area contributed by atoms with Gasteiger partial charge >= 0.3 is 0 Å². The van der Waals surface area contributed by atoms with Crippen molar-refractivity contribution in [3.63, 3.8) is 0 Å². The van der Waals surface area contributed by atoms with E-state index in [1.807, 2.05) is 6.07 Å². The summed E-state index contributed by atoms with van der Waals surface area (Å²) < 4.78 is 0. The largest absolute Gasteiger partial charge is 0.508 e. The van der Waals surface area contributed by atoms with Crippen LogP contribution in [0.3, 0.4) is 0 Å². The first-order valence-corrected chi connectivity index (χ1v) is 6.93. The van der Waals surface area contributed by atoms with Crippen molar-refractivity contribution >= 4 is 23.2 Å². The van der Waals surface area contributed by atoms with Gasteiger partial charge in [-0.1, -0.05) is 41.4 Å². The number of hydrogen-bond acceptors (Lipinski definition) is 3. The van der Waals surface area contributed by atoms with Gasteiger partial charge in [0.15, 0.2) is 0 Å². The fourth-order valence-corrected chi connectivity index (χ4v) is 2.44. The number of halogens is 2. The third-order valence-electron chi connectivity index (χ3n) is 2.90. The van der Waals surface area contributed by atoms with Gasteiger partial charge in [0.2, 0.25) is 0 Å². The SMILES string of the molecule is Oc1cccc(CNCC(O)c2ccc(Cl)cc2Cl)c1. The molecule has 2 aromatic rings.